The molecule has 3 heteroatoms. The van der Waals surface area contributed by atoms with E-state index in [9.17, 15) is 4.57 Å². The molecule has 2 nitrogen and oxygen atoms in total. The van der Waals surface area contributed by atoms with E-state index in [0.29, 0.717) is 0 Å². The molecule has 0 aromatic heterocycles. The zero-order valence-electron chi connectivity index (χ0n) is 6.91. The van der Waals surface area contributed by atoms with Gasteiger partial charge in [0.2, 0.25) is 7.37 Å². The van der Waals surface area contributed by atoms with Gasteiger partial charge in [-0.15, -0.1) is 6.42 Å². The van der Waals surface area contributed by atoms with Crippen molar-refractivity contribution in [2.24, 2.45) is 0 Å². The first-order valence-electron chi connectivity index (χ1n) is 3.82. The van der Waals surface area contributed by atoms with Gasteiger partial charge in [-0.05, 0) is 12.8 Å². The molecule has 0 spiro atoms. The first kappa shape index (κ1) is 8.84. The SMILES string of the molecule is C#CC1CC(CC)P(C)(=O)O1. The fourth-order valence-corrected chi connectivity index (χ4v) is 3.48. The van der Waals surface area contributed by atoms with Crippen LogP contribution in [0.25, 0.3) is 0 Å². The molecule has 0 bridgehead atoms. The Morgan fingerprint density at radius 2 is 2.45 bits per heavy atom. The Balaban J connectivity index is 2.73. The van der Waals surface area contributed by atoms with E-state index in [0.717, 1.165) is 12.8 Å². The molecule has 0 radical (unpaired) electrons. The van der Waals surface area contributed by atoms with Crippen molar-refractivity contribution in [3.63, 3.8) is 0 Å². The Hall–Kier alpha value is -0.250. The molecule has 1 rings (SSSR count). The molecular formula is C8H13O2P. The molecule has 3 unspecified atom stereocenters. The third-order valence-electron chi connectivity index (χ3n) is 2.14. The van der Waals surface area contributed by atoms with E-state index in [1.165, 1.54) is 0 Å². The summed E-state index contributed by atoms with van der Waals surface area (Å²) in [5, 5.41) is 0. The van der Waals surface area contributed by atoms with Gasteiger partial charge in [-0.1, -0.05) is 12.8 Å². The highest BCUT2D eigenvalue weighted by Gasteiger charge is 2.38. The summed E-state index contributed by atoms with van der Waals surface area (Å²) in [5.74, 6) is 2.49. The summed E-state index contributed by atoms with van der Waals surface area (Å²) < 4.78 is 16.8. The Labute approximate surface area is 67.8 Å². The zero-order valence-corrected chi connectivity index (χ0v) is 7.80. The molecule has 0 aromatic carbocycles. The fraction of sp³-hybridized carbons (Fsp3) is 0.750. The molecule has 0 aliphatic carbocycles. The quantitative estimate of drug-likeness (QED) is 0.447. The van der Waals surface area contributed by atoms with Crippen molar-refractivity contribution in [3.8, 4) is 12.3 Å². The van der Waals surface area contributed by atoms with Crippen LogP contribution in [0.1, 0.15) is 19.8 Å². The van der Waals surface area contributed by atoms with E-state index in [-0.39, 0.29) is 11.8 Å². The number of rotatable bonds is 1. The monoisotopic (exact) mass is 172 g/mol. The summed E-state index contributed by atoms with van der Waals surface area (Å²) in [6.07, 6.45) is 6.62. The van der Waals surface area contributed by atoms with E-state index in [1.54, 1.807) is 6.66 Å². The predicted octanol–water partition coefficient (Wildman–Crippen LogP) is 2.09. The van der Waals surface area contributed by atoms with Crippen LogP contribution in [0.2, 0.25) is 0 Å². The Bertz CT molecular complexity index is 229. The highest BCUT2D eigenvalue weighted by Crippen LogP contribution is 2.57. The van der Waals surface area contributed by atoms with Crippen LogP contribution in [0.5, 0.6) is 0 Å². The zero-order chi connectivity index (χ0) is 8.48. The third-order valence-corrected chi connectivity index (χ3v) is 4.72. The lowest BCUT2D eigenvalue weighted by atomic mass is 10.2. The van der Waals surface area contributed by atoms with Crippen LogP contribution in [0.4, 0.5) is 0 Å². The summed E-state index contributed by atoms with van der Waals surface area (Å²) >= 11 is 0. The average Bonchev–Trinajstić information content (AvgIpc) is 2.24. The minimum absolute atomic E-state index is 0.184. The van der Waals surface area contributed by atoms with Crippen molar-refractivity contribution in [2.75, 3.05) is 6.66 Å². The van der Waals surface area contributed by atoms with Gasteiger partial charge >= 0.3 is 0 Å². The Morgan fingerprint density at radius 1 is 1.82 bits per heavy atom. The second kappa shape index (κ2) is 3.01. The van der Waals surface area contributed by atoms with Gasteiger partial charge in [0, 0.05) is 12.3 Å². The third kappa shape index (κ3) is 1.67. The topological polar surface area (TPSA) is 26.3 Å². The highest BCUT2D eigenvalue weighted by molar-refractivity contribution is 7.59. The van der Waals surface area contributed by atoms with Gasteiger partial charge in [0.25, 0.3) is 0 Å². The van der Waals surface area contributed by atoms with Crippen LogP contribution in [0.15, 0.2) is 0 Å². The van der Waals surface area contributed by atoms with Gasteiger partial charge in [0.15, 0.2) is 0 Å². The molecule has 62 valence electrons. The molecule has 0 amide bonds. The molecule has 3 atom stereocenters. The molecule has 0 N–H and O–H groups in total. The molecule has 0 aromatic rings. The van der Waals surface area contributed by atoms with Crippen LogP contribution < -0.4 is 0 Å². The summed E-state index contributed by atoms with van der Waals surface area (Å²) in [7, 11) is -2.37. The van der Waals surface area contributed by atoms with Crippen molar-refractivity contribution < 1.29 is 9.09 Å². The largest absolute Gasteiger partial charge is 0.312 e. The van der Waals surface area contributed by atoms with Gasteiger partial charge in [0.05, 0.1) is 0 Å². The number of hydrogen-bond donors (Lipinski definition) is 0. The van der Waals surface area contributed by atoms with Gasteiger partial charge in [-0.25, -0.2) is 0 Å². The van der Waals surface area contributed by atoms with Gasteiger partial charge in [-0.2, -0.15) is 0 Å². The van der Waals surface area contributed by atoms with Gasteiger partial charge in [-0.3, -0.25) is 4.57 Å². The standard InChI is InChI=1S/C8H13O2P/c1-4-7-6-8(5-2)11(3,9)10-7/h1,7-8H,5-6H2,2-3H3. The van der Waals surface area contributed by atoms with E-state index < -0.39 is 7.37 Å². The average molecular weight is 172 g/mol. The summed E-state index contributed by atoms with van der Waals surface area (Å²) in [5.41, 5.74) is 0.184. The van der Waals surface area contributed by atoms with Gasteiger partial charge in [0.1, 0.15) is 6.10 Å². The predicted molar refractivity (Wildman–Crippen MR) is 45.9 cm³/mol. The maximum atomic E-state index is 11.6. The maximum absolute atomic E-state index is 11.6. The molecular weight excluding hydrogens is 159 g/mol. The van der Waals surface area contributed by atoms with Crippen LogP contribution in [0.3, 0.4) is 0 Å². The second-order valence-electron chi connectivity index (χ2n) is 2.97. The molecule has 1 fully saturated rings. The van der Waals surface area contributed by atoms with E-state index in [1.807, 2.05) is 6.92 Å². The van der Waals surface area contributed by atoms with Crippen LogP contribution in [-0.2, 0) is 9.09 Å². The van der Waals surface area contributed by atoms with E-state index in [2.05, 4.69) is 5.92 Å². The summed E-state index contributed by atoms with van der Waals surface area (Å²) in [6.45, 7) is 3.70. The van der Waals surface area contributed by atoms with E-state index in [4.69, 9.17) is 10.9 Å². The minimum atomic E-state index is -2.37. The summed E-state index contributed by atoms with van der Waals surface area (Å²) in [6, 6.07) is 0. The fourth-order valence-electron chi connectivity index (χ4n) is 1.42. The molecule has 1 aliphatic rings. The lowest BCUT2D eigenvalue weighted by Crippen LogP contribution is -2.02. The van der Waals surface area contributed by atoms with Crippen LogP contribution in [0, 0.1) is 12.3 Å². The molecule has 1 saturated heterocycles. The number of terminal acetylenes is 1. The first-order valence-corrected chi connectivity index (χ1v) is 5.96. The normalized spacial score (nSPS) is 43.7. The Kier molecular flexibility index (Phi) is 2.42. The van der Waals surface area contributed by atoms with Crippen molar-refractivity contribution >= 4 is 7.37 Å². The smallest absolute Gasteiger partial charge is 0.204 e. The lowest BCUT2D eigenvalue weighted by molar-refractivity contribution is 0.293. The van der Waals surface area contributed by atoms with Crippen molar-refractivity contribution in [1.82, 2.24) is 0 Å². The lowest BCUT2D eigenvalue weighted by Gasteiger charge is -2.10. The van der Waals surface area contributed by atoms with E-state index >= 15 is 0 Å². The Morgan fingerprint density at radius 3 is 2.73 bits per heavy atom. The highest BCUT2D eigenvalue weighted by atomic mass is 31.2. The van der Waals surface area contributed by atoms with Gasteiger partial charge < -0.3 is 4.52 Å². The number of hydrogen-bond acceptors (Lipinski definition) is 2. The van der Waals surface area contributed by atoms with Crippen LogP contribution in [-0.4, -0.2) is 18.4 Å². The molecule has 0 saturated carbocycles. The second-order valence-corrected chi connectivity index (χ2v) is 5.73. The van der Waals surface area contributed by atoms with Crippen molar-refractivity contribution in [3.05, 3.63) is 0 Å². The summed E-state index contributed by atoms with van der Waals surface area (Å²) in [4.78, 5) is 0. The maximum Gasteiger partial charge on any atom is 0.204 e. The molecule has 1 aliphatic heterocycles. The minimum Gasteiger partial charge on any atom is -0.312 e. The van der Waals surface area contributed by atoms with Crippen molar-refractivity contribution in [2.45, 2.75) is 31.5 Å². The van der Waals surface area contributed by atoms with Crippen molar-refractivity contribution in [1.29, 1.82) is 0 Å². The molecule has 1 heterocycles. The first-order chi connectivity index (χ1) is 5.10. The van der Waals surface area contributed by atoms with Crippen LogP contribution >= 0.6 is 7.37 Å². The molecule has 11 heavy (non-hydrogen) atoms.